The summed E-state index contributed by atoms with van der Waals surface area (Å²) in [6.45, 7) is 1.96. The number of amides is 1. The van der Waals surface area contributed by atoms with E-state index >= 15 is 0 Å². The highest BCUT2D eigenvalue weighted by atomic mass is 79.9. The Labute approximate surface area is 148 Å². The number of benzene rings is 2. The molecule has 6 heteroatoms. The number of carbonyl (C=O) groups excluding carboxylic acids is 1. The van der Waals surface area contributed by atoms with E-state index in [0.29, 0.717) is 10.8 Å². The molecular formula is C17H16BrClN2O2. The summed E-state index contributed by atoms with van der Waals surface area (Å²) in [7, 11) is 0. The molecule has 0 spiro atoms. The minimum Gasteiger partial charge on any atom is -0.483 e. The number of rotatable bonds is 6. The number of nitrogens with zero attached hydrogens (tertiary/aromatic N) is 1. The van der Waals surface area contributed by atoms with Crippen LogP contribution in [0.25, 0.3) is 0 Å². The van der Waals surface area contributed by atoms with Crippen molar-refractivity contribution < 1.29 is 9.53 Å². The van der Waals surface area contributed by atoms with Crippen LogP contribution < -0.4 is 10.2 Å². The van der Waals surface area contributed by atoms with Crippen LogP contribution in [0.2, 0.25) is 5.02 Å². The Hall–Kier alpha value is -1.85. The van der Waals surface area contributed by atoms with Gasteiger partial charge in [0.05, 0.1) is 10.7 Å². The summed E-state index contributed by atoms with van der Waals surface area (Å²) in [6, 6.07) is 13.0. The maximum atomic E-state index is 11.7. The summed E-state index contributed by atoms with van der Waals surface area (Å²) in [5, 5.41) is 4.43. The van der Waals surface area contributed by atoms with Crippen LogP contribution in [0.3, 0.4) is 0 Å². The Morgan fingerprint density at radius 3 is 2.83 bits per heavy atom. The summed E-state index contributed by atoms with van der Waals surface area (Å²) in [5.41, 5.74) is 4.32. The van der Waals surface area contributed by atoms with Crippen LogP contribution in [0.15, 0.2) is 52.0 Å². The summed E-state index contributed by atoms with van der Waals surface area (Å²) in [4.78, 5) is 11.7. The van der Waals surface area contributed by atoms with Gasteiger partial charge in [0, 0.05) is 10.6 Å². The predicted octanol–water partition coefficient (Wildman–Crippen LogP) is 4.19. The summed E-state index contributed by atoms with van der Waals surface area (Å²) in [6.07, 6.45) is 2.43. The molecule has 0 heterocycles. The maximum absolute atomic E-state index is 11.7. The largest absolute Gasteiger partial charge is 0.483 e. The van der Waals surface area contributed by atoms with Gasteiger partial charge in [-0.3, -0.25) is 4.79 Å². The molecule has 0 aromatic heterocycles. The van der Waals surface area contributed by atoms with Crippen LogP contribution >= 0.6 is 27.5 Å². The first kappa shape index (κ1) is 17.5. The quantitative estimate of drug-likeness (QED) is 0.589. The van der Waals surface area contributed by atoms with Gasteiger partial charge in [0.25, 0.3) is 5.91 Å². The Morgan fingerprint density at radius 1 is 1.35 bits per heavy atom. The van der Waals surface area contributed by atoms with Crippen LogP contribution in [-0.4, -0.2) is 18.7 Å². The molecule has 2 aromatic rings. The van der Waals surface area contributed by atoms with Crippen LogP contribution in [0.5, 0.6) is 5.75 Å². The lowest BCUT2D eigenvalue weighted by Crippen LogP contribution is -2.24. The smallest absolute Gasteiger partial charge is 0.277 e. The lowest BCUT2D eigenvalue weighted by Gasteiger charge is -2.08. The fourth-order valence-electron chi connectivity index (χ4n) is 1.81. The van der Waals surface area contributed by atoms with Crippen molar-refractivity contribution in [1.29, 1.82) is 0 Å². The molecule has 0 radical (unpaired) electrons. The van der Waals surface area contributed by atoms with E-state index in [-0.39, 0.29) is 12.5 Å². The standard InChI is InChI=1S/C17H16BrClN2O2/c1-2-12-7-8-16(14(18)9-12)23-11-17(22)21-20-10-13-5-3-4-6-15(13)19/h3-10H,2,11H2,1H3,(H,21,22). The lowest BCUT2D eigenvalue weighted by molar-refractivity contribution is -0.123. The summed E-state index contributed by atoms with van der Waals surface area (Å²) < 4.78 is 6.29. The monoisotopic (exact) mass is 394 g/mol. The van der Waals surface area contributed by atoms with E-state index in [0.717, 1.165) is 16.5 Å². The van der Waals surface area contributed by atoms with Crippen molar-refractivity contribution in [2.75, 3.05) is 6.61 Å². The Kier molecular flexibility index (Phi) is 6.62. The van der Waals surface area contributed by atoms with Gasteiger partial charge in [-0.25, -0.2) is 5.43 Å². The average molecular weight is 396 g/mol. The molecule has 0 saturated carbocycles. The maximum Gasteiger partial charge on any atom is 0.277 e. The van der Waals surface area contributed by atoms with Crippen molar-refractivity contribution in [2.45, 2.75) is 13.3 Å². The van der Waals surface area contributed by atoms with Crippen LogP contribution in [-0.2, 0) is 11.2 Å². The van der Waals surface area contributed by atoms with Crippen molar-refractivity contribution in [2.24, 2.45) is 5.10 Å². The number of ether oxygens (including phenoxy) is 1. The van der Waals surface area contributed by atoms with Crippen LogP contribution in [0, 0.1) is 0 Å². The number of halogens is 2. The zero-order chi connectivity index (χ0) is 16.7. The Balaban J connectivity index is 1.85. The molecule has 0 atom stereocenters. The van der Waals surface area contributed by atoms with Gasteiger partial charge in [0.2, 0.25) is 0 Å². The van der Waals surface area contributed by atoms with Crippen LogP contribution in [0.1, 0.15) is 18.1 Å². The minimum atomic E-state index is -0.347. The second-order valence-corrected chi connectivity index (χ2v) is 5.98. The second kappa shape index (κ2) is 8.70. The fraction of sp³-hybridized carbons (Fsp3) is 0.176. The van der Waals surface area contributed by atoms with Gasteiger partial charge >= 0.3 is 0 Å². The SMILES string of the molecule is CCc1ccc(OCC(=O)NN=Cc2ccccc2Cl)c(Br)c1. The van der Waals surface area contributed by atoms with Gasteiger partial charge in [-0.1, -0.05) is 42.8 Å². The highest BCUT2D eigenvalue weighted by Gasteiger charge is 2.05. The highest BCUT2D eigenvalue weighted by Crippen LogP contribution is 2.26. The first-order valence-electron chi connectivity index (χ1n) is 7.07. The number of hydrogen-bond acceptors (Lipinski definition) is 3. The molecule has 1 amide bonds. The van der Waals surface area contributed by atoms with E-state index in [1.807, 2.05) is 30.3 Å². The lowest BCUT2D eigenvalue weighted by atomic mass is 10.2. The molecule has 0 bridgehead atoms. The highest BCUT2D eigenvalue weighted by molar-refractivity contribution is 9.10. The van der Waals surface area contributed by atoms with Gasteiger partial charge < -0.3 is 4.74 Å². The molecule has 2 rings (SSSR count). The normalized spacial score (nSPS) is 10.7. The fourth-order valence-corrected chi connectivity index (χ4v) is 2.54. The van der Waals surface area contributed by atoms with Crippen molar-refractivity contribution >= 4 is 39.7 Å². The molecule has 2 aromatic carbocycles. The number of aryl methyl sites for hydroxylation is 1. The van der Waals surface area contributed by atoms with Gasteiger partial charge in [0.1, 0.15) is 5.75 Å². The molecular weight excluding hydrogens is 380 g/mol. The molecule has 23 heavy (non-hydrogen) atoms. The number of carbonyl (C=O) groups is 1. The van der Waals surface area contributed by atoms with E-state index in [1.54, 1.807) is 12.1 Å². The number of hydrogen-bond donors (Lipinski definition) is 1. The summed E-state index contributed by atoms with van der Waals surface area (Å²) in [5.74, 6) is 0.271. The number of hydrazone groups is 1. The third-order valence-corrected chi connectivity index (χ3v) is 4.03. The zero-order valence-electron chi connectivity index (χ0n) is 12.6. The van der Waals surface area contributed by atoms with Gasteiger partial charge in [0.15, 0.2) is 6.61 Å². The van der Waals surface area contributed by atoms with E-state index in [9.17, 15) is 4.79 Å². The van der Waals surface area contributed by atoms with Crippen molar-refractivity contribution in [3.05, 3.63) is 63.1 Å². The zero-order valence-corrected chi connectivity index (χ0v) is 14.9. The predicted molar refractivity (Wildman–Crippen MR) is 96.2 cm³/mol. The van der Waals surface area contributed by atoms with Crippen molar-refractivity contribution in [3.63, 3.8) is 0 Å². The average Bonchev–Trinajstić information content (AvgIpc) is 2.55. The molecule has 1 N–H and O–H groups in total. The Bertz CT molecular complexity index is 719. The third kappa shape index (κ3) is 5.37. The third-order valence-electron chi connectivity index (χ3n) is 3.06. The molecule has 0 unspecified atom stereocenters. The molecule has 0 saturated heterocycles. The molecule has 0 aliphatic carbocycles. The minimum absolute atomic E-state index is 0.121. The van der Waals surface area contributed by atoms with Gasteiger partial charge in [-0.05, 0) is 46.1 Å². The molecule has 0 aliphatic heterocycles. The second-order valence-electron chi connectivity index (χ2n) is 4.72. The van der Waals surface area contributed by atoms with Gasteiger partial charge in [-0.15, -0.1) is 0 Å². The molecule has 0 fully saturated rings. The van der Waals surface area contributed by atoms with E-state index in [1.165, 1.54) is 11.8 Å². The molecule has 0 aliphatic rings. The molecule has 120 valence electrons. The first-order valence-corrected chi connectivity index (χ1v) is 8.25. The van der Waals surface area contributed by atoms with Crippen molar-refractivity contribution in [1.82, 2.24) is 5.43 Å². The first-order chi connectivity index (χ1) is 11.1. The molecule has 4 nitrogen and oxygen atoms in total. The summed E-state index contributed by atoms with van der Waals surface area (Å²) >= 11 is 9.42. The topological polar surface area (TPSA) is 50.7 Å². The Morgan fingerprint density at radius 2 is 2.13 bits per heavy atom. The van der Waals surface area contributed by atoms with Crippen LogP contribution in [0.4, 0.5) is 0 Å². The van der Waals surface area contributed by atoms with E-state index in [4.69, 9.17) is 16.3 Å². The van der Waals surface area contributed by atoms with E-state index < -0.39 is 0 Å². The van der Waals surface area contributed by atoms with Gasteiger partial charge in [-0.2, -0.15) is 5.10 Å². The number of nitrogens with one attached hydrogen (secondary N) is 1. The van der Waals surface area contributed by atoms with Crippen molar-refractivity contribution in [3.8, 4) is 5.75 Å². The van der Waals surface area contributed by atoms with E-state index in [2.05, 4.69) is 33.4 Å².